The van der Waals surface area contributed by atoms with Gasteiger partial charge in [0.05, 0.1) is 19.1 Å². The monoisotopic (exact) mass is 531 g/mol. The number of hydrogen-bond acceptors (Lipinski definition) is 5. The molecule has 2 unspecified atom stereocenters. The summed E-state index contributed by atoms with van der Waals surface area (Å²) in [5.74, 6) is 3.98. The fraction of sp³-hybridized carbons (Fsp3) is 0.406. The van der Waals surface area contributed by atoms with Gasteiger partial charge in [-0.25, -0.2) is 0 Å². The van der Waals surface area contributed by atoms with Crippen LogP contribution in [0.2, 0.25) is 0 Å². The van der Waals surface area contributed by atoms with Crippen molar-refractivity contribution >= 4 is 17.7 Å². The molecule has 5 nitrogen and oxygen atoms in total. The normalized spacial score (nSPS) is 20.4. The molecule has 3 aromatic carbocycles. The van der Waals surface area contributed by atoms with Gasteiger partial charge in [-0.3, -0.25) is 4.79 Å². The van der Waals surface area contributed by atoms with Gasteiger partial charge < -0.3 is 19.1 Å². The van der Waals surface area contributed by atoms with Crippen LogP contribution >= 0.6 is 11.8 Å². The van der Waals surface area contributed by atoms with Crippen molar-refractivity contribution in [3.05, 3.63) is 83.4 Å². The lowest BCUT2D eigenvalue weighted by molar-refractivity contribution is 0.0356. The van der Waals surface area contributed by atoms with Crippen molar-refractivity contribution in [2.24, 2.45) is 0 Å². The van der Waals surface area contributed by atoms with Gasteiger partial charge in [-0.15, -0.1) is 11.8 Å². The summed E-state index contributed by atoms with van der Waals surface area (Å²) in [7, 11) is 3.35. The molecule has 6 heteroatoms. The van der Waals surface area contributed by atoms with Crippen LogP contribution in [0, 0.1) is 0 Å². The van der Waals surface area contributed by atoms with Gasteiger partial charge in [-0.2, -0.15) is 0 Å². The van der Waals surface area contributed by atoms with E-state index in [2.05, 4.69) is 49.1 Å². The van der Waals surface area contributed by atoms with Crippen LogP contribution in [0.25, 0.3) is 0 Å². The first-order valence-electron chi connectivity index (χ1n) is 13.5. The minimum atomic E-state index is 0.146. The molecule has 0 aromatic heterocycles. The zero-order valence-electron chi connectivity index (χ0n) is 22.7. The number of carbonyl (C=O) groups is 1. The van der Waals surface area contributed by atoms with E-state index >= 15 is 0 Å². The summed E-state index contributed by atoms with van der Waals surface area (Å²) >= 11 is 1.70. The Morgan fingerprint density at radius 2 is 1.63 bits per heavy atom. The Kier molecular flexibility index (Phi) is 8.18. The summed E-state index contributed by atoms with van der Waals surface area (Å²) in [6.45, 7) is 4.40. The largest absolute Gasteiger partial charge is 0.497 e. The summed E-state index contributed by atoms with van der Waals surface area (Å²) in [6, 6.07) is 22.7. The third-order valence-electron chi connectivity index (χ3n) is 7.73. The third kappa shape index (κ3) is 5.65. The van der Waals surface area contributed by atoms with Gasteiger partial charge in [-0.1, -0.05) is 44.2 Å². The molecular weight excluding hydrogens is 494 g/mol. The second kappa shape index (κ2) is 11.7. The van der Waals surface area contributed by atoms with Crippen molar-refractivity contribution in [3.8, 4) is 17.2 Å². The SMILES string of the molecule is COc1ccc(OC)c(SCc2ccc(C(=O)N3C4CCC3CC(Oc3ccccc3C(C)C)C4)cc2)c1. The van der Waals surface area contributed by atoms with Crippen LogP contribution in [0.4, 0.5) is 0 Å². The maximum atomic E-state index is 13.6. The number of para-hydroxylation sites is 1. The van der Waals surface area contributed by atoms with E-state index in [-0.39, 0.29) is 24.1 Å². The van der Waals surface area contributed by atoms with Gasteiger partial charge in [0.1, 0.15) is 23.4 Å². The van der Waals surface area contributed by atoms with Crippen LogP contribution < -0.4 is 14.2 Å². The van der Waals surface area contributed by atoms with Crippen molar-refractivity contribution in [3.63, 3.8) is 0 Å². The fourth-order valence-electron chi connectivity index (χ4n) is 5.75. The quantitative estimate of drug-likeness (QED) is 0.271. The number of nitrogens with zero attached hydrogens (tertiary/aromatic N) is 1. The lowest BCUT2D eigenvalue weighted by Crippen LogP contribution is -2.49. The van der Waals surface area contributed by atoms with Crippen molar-refractivity contribution in [1.82, 2.24) is 4.90 Å². The van der Waals surface area contributed by atoms with E-state index in [0.29, 0.717) is 5.92 Å². The molecule has 0 radical (unpaired) electrons. The first-order valence-corrected chi connectivity index (χ1v) is 14.5. The average Bonchev–Trinajstić information content (AvgIpc) is 3.21. The molecule has 1 amide bonds. The molecule has 0 N–H and O–H groups in total. The Morgan fingerprint density at radius 1 is 0.921 bits per heavy atom. The molecule has 2 bridgehead atoms. The van der Waals surface area contributed by atoms with E-state index in [1.165, 1.54) is 5.56 Å². The summed E-state index contributed by atoms with van der Waals surface area (Å²) < 4.78 is 17.4. The fourth-order valence-corrected chi connectivity index (χ4v) is 6.76. The maximum Gasteiger partial charge on any atom is 0.254 e. The van der Waals surface area contributed by atoms with Crippen molar-refractivity contribution in [2.75, 3.05) is 14.2 Å². The van der Waals surface area contributed by atoms with Crippen LogP contribution in [0.15, 0.2) is 71.6 Å². The number of thioether (sulfide) groups is 1. The van der Waals surface area contributed by atoms with Crippen molar-refractivity contribution < 1.29 is 19.0 Å². The van der Waals surface area contributed by atoms with Crippen LogP contribution in [-0.2, 0) is 5.75 Å². The molecule has 0 spiro atoms. The van der Waals surface area contributed by atoms with Crippen LogP contribution in [0.5, 0.6) is 17.2 Å². The van der Waals surface area contributed by atoms with Gasteiger partial charge in [0.15, 0.2) is 0 Å². The zero-order valence-corrected chi connectivity index (χ0v) is 23.5. The number of benzene rings is 3. The molecule has 0 saturated carbocycles. The lowest BCUT2D eigenvalue weighted by atomic mass is 9.97. The maximum absolute atomic E-state index is 13.6. The second-order valence-corrected chi connectivity index (χ2v) is 11.5. The summed E-state index contributed by atoms with van der Waals surface area (Å²) in [4.78, 5) is 16.7. The number of ether oxygens (including phenoxy) is 3. The number of rotatable bonds is 9. The number of amides is 1. The van der Waals surface area contributed by atoms with Crippen LogP contribution in [0.1, 0.15) is 66.9 Å². The van der Waals surface area contributed by atoms with E-state index in [0.717, 1.165) is 64.7 Å². The molecule has 2 heterocycles. The molecule has 2 aliphatic heterocycles. The Labute approximate surface area is 230 Å². The van der Waals surface area contributed by atoms with Crippen LogP contribution in [-0.4, -0.2) is 43.2 Å². The molecule has 2 saturated heterocycles. The minimum absolute atomic E-state index is 0.146. The molecule has 3 aromatic rings. The highest BCUT2D eigenvalue weighted by atomic mass is 32.2. The summed E-state index contributed by atoms with van der Waals surface area (Å²) in [5.41, 5.74) is 3.18. The predicted octanol–water partition coefficient (Wildman–Crippen LogP) is 7.33. The van der Waals surface area contributed by atoms with Gasteiger partial charge in [0.2, 0.25) is 0 Å². The van der Waals surface area contributed by atoms with Gasteiger partial charge in [0, 0.05) is 36.2 Å². The van der Waals surface area contributed by atoms with E-state index in [1.807, 2.05) is 36.4 Å². The molecule has 5 rings (SSSR count). The number of methoxy groups -OCH3 is 2. The Balaban J connectivity index is 1.21. The lowest BCUT2D eigenvalue weighted by Gasteiger charge is -2.39. The summed E-state index contributed by atoms with van der Waals surface area (Å²) in [5, 5.41) is 0. The third-order valence-corrected chi connectivity index (χ3v) is 8.83. The standard InChI is InChI=1S/C32H37NO4S/c1-21(2)28-7-5-6-8-29(28)37-27-17-24-13-14-25(18-27)33(24)32(34)23-11-9-22(10-12-23)20-38-31-19-26(35-3)15-16-30(31)36-4/h5-12,15-16,19,21,24-25,27H,13-14,17-18,20H2,1-4H3. The molecular formula is C32H37NO4S. The first-order chi connectivity index (χ1) is 18.5. The molecule has 0 aliphatic carbocycles. The smallest absolute Gasteiger partial charge is 0.254 e. The van der Waals surface area contributed by atoms with Gasteiger partial charge in [-0.05, 0) is 66.3 Å². The van der Waals surface area contributed by atoms with E-state index < -0.39 is 0 Å². The number of piperidine rings is 1. The van der Waals surface area contributed by atoms with E-state index in [9.17, 15) is 4.79 Å². The highest BCUT2D eigenvalue weighted by molar-refractivity contribution is 7.98. The van der Waals surface area contributed by atoms with E-state index in [4.69, 9.17) is 14.2 Å². The summed E-state index contributed by atoms with van der Waals surface area (Å²) in [6.07, 6.45) is 4.06. The Morgan fingerprint density at radius 3 is 2.29 bits per heavy atom. The highest BCUT2D eigenvalue weighted by Crippen LogP contribution is 2.40. The Bertz CT molecular complexity index is 1240. The Hall–Kier alpha value is -3.12. The molecule has 200 valence electrons. The van der Waals surface area contributed by atoms with Crippen molar-refractivity contribution in [2.45, 2.75) is 74.3 Å². The zero-order chi connectivity index (χ0) is 26.6. The average molecular weight is 532 g/mol. The van der Waals surface area contributed by atoms with E-state index in [1.54, 1.807) is 26.0 Å². The first kappa shape index (κ1) is 26.5. The number of fused-ring (bicyclic) bond motifs is 2. The van der Waals surface area contributed by atoms with Gasteiger partial charge in [0.25, 0.3) is 5.91 Å². The molecule has 2 atom stereocenters. The second-order valence-electron chi connectivity index (χ2n) is 10.5. The minimum Gasteiger partial charge on any atom is -0.497 e. The number of carbonyl (C=O) groups excluding carboxylic acids is 1. The number of hydrogen-bond donors (Lipinski definition) is 0. The molecule has 2 aliphatic rings. The van der Waals surface area contributed by atoms with Crippen molar-refractivity contribution in [1.29, 1.82) is 0 Å². The topological polar surface area (TPSA) is 48.0 Å². The van der Waals surface area contributed by atoms with Crippen LogP contribution in [0.3, 0.4) is 0 Å². The predicted molar refractivity (Wildman–Crippen MR) is 153 cm³/mol. The highest BCUT2D eigenvalue weighted by Gasteiger charge is 2.44. The molecule has 38 heavy (non-hydrogen) atoms. The molecule has 2 fully saturated rings. The van der Waals surface area contributed by atoms with Gasteiger partial charge >= 0.3 is 0 Å².